The topological polar surface area (TPSA) is 180 Å². The van der Waals surface area contributed by atoms with Gasteiger partial charge in [-0.2, -0.15) is 0 Å². The molecule has 3 amide bonds. The number of carbonyl (C=O) groups is 5. The van der Waals surface area contributed by atoms with Crippen LogP contribution in [0.15, 0.2) is 24.3 Å². The van der Waals surface area contributed by atoms with E-state index < -0.39 is 102 Å². The summed E-state index contributed by atoms with van der Waals surface area (Å²) in [5.41, 5.74) is -1.95. The third-order valence-electron chi connectivity index (χ3n) is 14.1. The minimum atomic E-state index is -1.49. The largest absolute Gasteiger partial charge is 0.458 e. The van der Waals surface area contributed by atoms with E-state index in [1.54, 1.807) is 72.4 Å². The summed E-state index contributed by atoms with van der Waals surface area (Å²) in [6, 6.07) is 5.47. The lowest BCUT2D eigenvalue weighted by Gasteiger charge is -2.49. The van der Waals surface area contributed by atoms with Crippen molar-refractivity contribution in [3.05, 3.63) is 34.9 Å². The molecular formula is C46H70ClN3O13. The van der Waals surface area contributed by atoms with Crippen LogP contribution < -0.4 is 0 Å². The number of imide groups is 1. The standard InChI is InChI=1S/C46H70ClN3O13/c1-14-34-46(11)38(49(42(54)63-46)20-19-31-15-17-32(47)18-16-31)28(7)35(51)25(4)22-45(10,57-13)39(62-41-36(52)33(21-27(6)59-41)48(12)24(2)3)29(8)37(30(9)40(53)60-34)61-44(56)50-26(5)23-58-43(50)55/h15-18,24-30,33-34,36-39,41,52H,14,19-23H2,1-13H3/t25-,26+,27-,28-,29+,30-,33+,34-,36-,37+,38-,39-,41+,45+,46-/m1/s1. The van der Waals surface area contributed by atoms with Crippen molar-refractivity contribution in [2.24, 2.45) is 23.7 Å². The van der Waals surface area contributed by atoms with Gasteiger partial charge in [0.2, 0.25) is 0 Å². The van der Waals surface area contributed by atoms with E-state index in [1.807, 2.05) is 40.0 Å². The van der Waals surface area contributed by atoms with Gasteiger partial charge in [0.15, 0.2) is 11.9 Å². The lowest BCUT2D eigenvalue weighted by molar-refractivity contribution is -0.302. The molecule has 0 saturated carbocycles. The summed E-state index contributed by atoms with van der Waals surface area (Å²) in [5.74, 6) is -4.68. The van der Waals surface area contributed by atoms with Crippen LogP contribution in [-0.2, 0) is 49.2 Å². The minimum absolute atomic E-state index is 0.0436. The van der Waals surface area contributed by atoms with Crippen LogP contribution in [0.25, 0.3) is 0 Å². The second kappa shape index (κ2) is 20.3. The third-order valence-corrected chi connectivity index (χ3v) is 14.3. The highest BCUT2D eigenvalue weighted by atomic mass is 35.5. The minimum Gasteiger partial charge on any atom is -0.458 e. The Bertz CT molecular complexity index is 1800. The molecule has 0 bridgehead atoms. The molecule has 4 heterocycles. The van der Waals surface area contributed by atoms with Crippen molar-refractivity contribution < 1.29 is 62.2 Å². The van der Waals surface area contributed by atoms with Gasteiger partial charge in [0.05, 0.1) is 35.8 Å². The number of likely N-dealkylation sites (N-methyl/N-ethyl adjacent to an activating group) is 1. The van der Waals surface area contributed by atoms with Crippen LogP contribution in [0.1, 0.15) is 101 Å². The fourth-order valence-electron chi connectivity index (χ4n) is 10.2. The van der Waals surface area contributed by atoms with Crippen LogP contribution in [0.3, 0.4) is 0 Å². The number of benzene rings is 1. The van der Waals surface area contributed by atoms with E-state index >= 15 is 0 Å². The second-order valence-corrected chi connectivity index (χ2v) is 19.4. The second-order valence-electron chi connectivity index (χ2n) is 18.9. The van der Waals surface area contributed by atoms with E-state index in [-0.39, 0.29) is 50.0 Å². The molecule has 4 saturated heterocycles. The number of esters is 1. The molecule has 0 aliphatic carbocycles. The molecule has 63 heavy (non-hydrogen) atoms. The van der Waals surface area contributed by atoms with Crippen LogP contribution in [-0.4, -0.2) is 149 Å². The average Bonchev–Trinajstić information content (AvgIpc) is 3.71. The van der Waals surface area contributed by atoms with E-state index in [9.17, 15) is 29.1 Å². The number of hydrogen-bond donors (Lipinski definition) is 1. The Morgan fingerprint density at radius 2 is 1.67 bits per heavy atom. The molecular weight excluding hydrogens is 838 g/mol. The summed E-state index contributed by atoms with van der Waals surface area (Å²) < 4.78 is 43.4. The molecule has 5 rings (SSSR count). The first kappa shape index (κ1) is 50.5. The maximum atomic E-state index is 15.0. The lowest BCUT2D eigenvalue weighted by atomic mass is 9.73. The SMILES string of the molecule is CC[C@H]1OC(=O)[C@H](C)[C@@H](OC(=O)N2C(=O)OC[C@@H]2C)[C@H](C)[C@@H](O[C@@H]2O[C@H](C)C[C@H](N(C)C(C)C)[C@H]2O)[C@@](C)(OC)C[C@@H](C)C(=O)[C@@H](C)[C@H]2N(CCc3ccc(Cl)cc3)C(=O)O[C@]12C. The lowest BCUT2D eigenvalue weighted by Crippen LogP contribution is -2.61. The molecule has 1 aromatic rings. The van der Waals surface area contributed by atoms with Crippen molar-refractivity contribution >= 4 is 41.6 Å². The summed E-state index contributed by atoms with van der Waals surface area (Å²) in [5, 5.41) is 12.5. The number of halogens is 1. The first-order valence-corrected chi connectivity index (χ1v) is 22.8. The predicted octanol–water partition coefficient (Wildman–Crippen LogP) is 6.64. The Morgan fingerprint density at radius 1 is 1.02 bits per heavy atom. The fraction of sp³-hybridized carbons (Fsp3) is 0.761. The quantitative estimate of drug-likeness (QED) is 0.195. The number of carbonyl (C=O) groups excluding carboxylic acids is 5. The fourth-order valence-corrected chi connectivity index (χ4v) is 10.3. The maximum absolute atomic E-state index is 15.0. The van der Waals surface area contributed by atoms with Crippen molar-refractivity contribution in [2.45, 2.75) is 174 Å². The number of fused-ring (bicyclic) bond motifs is 1. The smallest absolute Gasteiger partial charge is 0.419 e. The first-order valence-electron chi connectivity index (χ1n) is 22.4. The van der Waals surface area contributed by atoms with Crippen LogP contribution in [0.4, 0.5) is 14.4 Å². The molecule has 4 fully saturated rings. The van der Waals surface area contributed by atoms with Crippen LogP contribution >= 0.6 is 11.6 Å². The summed E-state index contributed by atoms with van der Waals surface area (Å²) in [7, 11) is 3.41. The normalized spacial score (nSPS) is 38.3. The van der Waals surface area contributed by atoms with E-state index in [0.29, 0.717) is 17.9 Å². The van der Waals surface area contributed by atoms with E-state index in [0.717, 1.165) is 10.5 Å². The monoisotopic (exact) mass is 907 g/mol. The Labute approximate surface area is 377 Å². The van der Waals surface area contributed by atoms with Crippen molar-refractivity contribution in [3.63, 3.8) is 0 Å². The molecule has 354 valence electrons. The Kier molecular flexibility index (Phi) is 16.3. The number of Topliss-reactive ketones (excluding diaryl/α,β-unsaturated/α-hetero) is 1. The van der Waals surface area contributed by atoms with Gasteiger partial charge in [-0.3, -0.25) is 19.4 Å². The van der Waals surface area contributed by atoms with Gasteiger partial charge in [0.1, 0.15) is 30.7 Å². The predicted molar refractivity (Wildman–Crippen MR) is 232 cm³/mol. The van der Waals surface area contributed by atoms with Crippen LogP contribution in [0, 0.1) is 23.7 Å². The van der Waals surface area contributed by atoms with E-state index in [4.69, 9.17) is 44.8 Å². The third kappa shape index (κ3) is 10.5. The summed E-state index contributed by atoms with van der Waals surface area (Å²) >= 11 is 6.15. The highest BCUT2D eigenvalue weighted by Crippen LogP contribution is 2.44. The zero-order valence-electron chi connectivity index (χ0n) is 39.2. The van der Waals surface area contributed by atoms with Gasteiger partial charge in [-0.25, -0.2) is 19.3 Å². The zero-order valence-corrected chi connectivity index (χ0v) is 40.0. The highest BCUT2D eigenvalue weighted by Gasteiger charge is 2.61. The number of aliphatic hydroxyl groups is 1. The van der Waals surface area contributed by atoms with E-state index in [1.165, 1.54) is 7.11 Å². The molecule has 0 spiro atoms. The zero-order chi connectivity index (χ0) is 46.9. The van der Waals surface area contributed by atoms with Crippen molar-refractivity contribution in [1.82, 2.24) is 14.7 Å². The first-order chi connectivity index (χ1) is 29.5. The molecule has 16 nitrogen and oxygen atoms in total. The van der Waals surface area contributed by atoms with Gasteiger partial charge < -0.3 is 38.3 Å². The maximum Gasteiger partial charge on any atom is 0.419 e. The van der Waals surface area contributed by atoms with E-state index in [2.05, 4.69) is 4.90 Å². The van der Waals surface area contributed by atoms with Gasteiger partial charge in [0.25, 0.3) is 0 Å². The average molecular weight is 909 g/mol. The molecule has 0 radical (unpaired) electrons. The number of methoxy groups -OCH3 is 1. The van der Waals surface area contributed by atoms with Crippen LogP contribution in [0.2, 0.25) is 5.02 Å². The van der Waals surface area contributed by atoms with Crippen molar-refractivity contribution in [3.8, 4) is 0 Å². The molecule has 17 heteroatoms. The number of rotatable bonds is 10. The van der Waals surface area contributed by atoms with Gasteiger partial charge in [-0.05, 0) is 98.9 Å². The number of amides is 3. The summed E-state index contributed by atoms with van der Waals surface area (Å²) in [6.45, 7) is 19.8. The molecule has 4 aliphatic heterocycles. The van der Waals surface area contributed by atoms with Gasteiger partial charge in [0, 0.05) is 48.5 Å². The molecule has 4 aliphatic rings. The Morgan fingerprint density at radius 3 is 2.24 bits per heavy atom. The molecule has 0 unspecified atom stereocenters. The Hall–Kier alpha value is -3.54. The molecule has 1 N–H and O–H groups in total. The highest BCUT2D eigenvalue weighted by molar-refractivity contribution is 6.30. The molecule has 1 aromatic carbocycles. The van der Waals surface area contributed by atoms with Crippen LogP contribution in [0.5, 0.6) is 0 Å². The number of hydrogen-bond acceptors (Lipinski definition) is 14. The number of nitrogens with zero attached hydrogens (tertiary/aromatic N) is 3. The number of ether oxygens (including phenoxy) is 7. The van der Waals surface area contributed by atoms with Gasteiger partial charge in [-0.1, -0.05) is 51.4 Å². The summed E-state index contributed by atoms with van der Waals surface area (Å²) in [6.07, 6.45) is -7.58. The van der Waals surface area contributed by atoms with Gasteiger partial charge >= 0.3 is 24.2 Å². The number of ketones is 1. The number of cyclic esters (lactones) is 2. The molecule has 15 atom stereocenters. The summed E-state index contributed by atoms with van der Waals surface area (Å²) in [4.78, 5) is 74.9. The van der Waals surface area contributed by atoms with Crippen molar-refractivity contribution in [1.29, 1.82) is 0 Å². The van der Waals surface area contributed by atoms with Gasteiger partial charge in [-0.15, -0.1) is 0 Å². The van der Waals surface area contributed by atoms with Crippen molar-refractivity contribution in [2.75, 3.05) is 27.3 Å². The Balaban J connectivity index is 1.62. The molecule has 0 aromatic heterocycles. The number of aliphatic hydroxyl groups excluding tert-OH is 1.